The molecule has 0 fully saturated rings. The highest BCUT2D eigenvalue weighted by atomic mass is 16.3. The Morgan fingerprint density at radius 3 is 2.44 bits per heavy atom. The summed E-state index contributed by atoms with van der Waals surface area (Å²) >= 11 is 0. The number of phenols is 1. The van der Waals surface area contributed by atoms with E-state index in [9.17, 15) is 5.11 Å². The van der Waals surface area contributed by atoms with Gasteiger partial charge < -0.3 is 20.6 Å². The molecule has 0 atom stereocenters. The van der Waals surface area contributed by atoms with Crippen LogP contribution >= 0.6 is 0 Å². The number of hydrogen-bond donors (Lipinski definition) is 3. The molecule has 4 rings (SSSR count). The van der Waals surface area contributed by atoms with Crippen molar-refractivity contribution in [3.8, 4) is 5.75 Å². The van der Waals surface area contributed by atoms with Gasteiger partial charge in [0.15, 0.2) is 0 Å². The molecule has 1 aromatic heterocycles. The molecule has 3 N–H and O–H groups in total. The number of allylic oxidation sites excluding steroid dienone is 1. The lowest BCUT2D eigenvalue weighted by atomic mass is 9.96. The summed E-state index contributed by atoms with van der Waals surface area (Å²) in [5.41, 5.74) is 5.90. The molecule has 164 valence electrons. The minimum Gasteiger partial charge on any atom is -0.507 e. The van der Waals surface area contributed by atoms with Gasteiger partial charge in [0.1, 0.15) is 23.7 Å². The molecule has 1 aliphatic rings. The van der Waals surface area contributed by atoms with Crippen molar-refractivity contribution >= 4 is 29.1 Å². The molecule has 0 spiro atoms. The average molecular weight is 428 g/mol. The Bertz CT molecular complexity index is 1140. The molecular weight excluding hydrogens is 398 g/mol. The third kappa shape index (κ3) is 4.64. The number of nitrogens with one attached hydrogen (secondary N) is 2. The summed E-state index contributed by atoms with van der Waals surface area (Å²) in [7, 11) is 1.83. The third-order valence-corrected chi connectivity index (χ3v) is 5.18. The predicted molar refractivity (Wildman–Crippen MR) is 134 cm³/mol. The second-order valence-electron chi connectivity index (χ2n) is 7.14. The van der Waals surface area contributed by atoms with Crippen molar-refractivity contribution in [1.29, 1.82) is 0 Å². The summed E-state index contributed by atoms with van der Waals surface area (Å²) < 4.78 is 0. The third-order valence-electron chi connectivity index (χ3n) is 5.18. The molecule has 0 amide bonds. The first-order valence-electron chi connectivity index (χ1n) is 10.5. The van der Waals surface area contributed by atoms with Crippen molar-refractivity contribution in [1.82, 2.24) is 9.97 Å². The van der Waals surface area contributed by atoms with Gasteiger partial charge in [-0.15, -0.1) is 0 Å². The first-order chi connectivity index (χ1) is 15.5. The largest absolute Gasteiger partial charge is 0.507 e. The van der Waals surface area contributed by atoms with Crippen LogP contribution in [-0.2, 0) is 0 Å². The van der Waals surface area contributed by atoms with E-state index < -0.39 is 0 Å². The topological polar surface area (TPSA) is 73.3 Å². The van der Waals surface area contributed by atoms with Gasteiger partial charge in [-0.05, 0) is 49.4 Å². The van der Waals surface area contributed by atoms with Crippen LogP contribution < -0.4 is 15.5 Å². The molecule has 6 nitrogen and oxygen atoms in total. The average Bonchev–Trinajstić information content (AvgIpc) is 2.81. The van der Waals surface area contributed by atoms with Crippen molar-refractivity contribution in [3.05, 3.63) is 96.6 Å². The van der Waals surface area contributed by atoms with Gasteiger partial charge in [0.2, 0.25) is 0 Å². The molecule has 0 saturated heterocycles. The number of aromatic hydroxyl groups is 1. The van der Waals surface area contributed by atoms with Crippen molar-refractivity contribution in [2.45, 2.75) is 20.3 Å². The van der Waals surface area contributed by atoms with Gasteiger partial charge in [0.05, 0.1) is 5.70 Å². The fourth-order valence-electron chi connectivity index (χ4n) is 3.62. The van der Waals surface area contributed by atoms with Crippen LogP contribution in [0.3, 0.4) is 0 Å². The summed E-state index contributed by atoms with van der Waals surface area (Å²) in [5, 5.41) is 16.0. The number of benzene rings is 2. The monoisotopic (exact) mass is 427 g/mol. The van der Waals surface area contributed by atoms with Crippen molar-refractivity contribution < 1.29 is 5.11 Å². The smallest absolute Gasteiger partial charge is 0.138 e. The van der Waals surface area contributed by atoms with Crippen molar-refractivity contribution in [3.63, 3.8) is 0 Å². The van der Waals surface area contributed by atoms with Crippen LogP contribution in [0.5, 0.6) is 5.75 Å². The predicted octanol–water partition coefficient (Wildman–Crippen LogP) is 6.02. The van der Waals surface area contributed by atoms with Gasteiger partial charge in [0, 0.05) is 29.6 Å². The molecule has 0 radical (unpaired) electrons. The maximum absolute atomic E-state index is 10.1. The van der Waals surface area contributed by atoms with Crippen LogP contribution in [0, 0.1) is 6.92 Å². The number of hydrogen-bond acceptors (Lipinski definition) is 6. The van der Waals surface area contributed by atoms with Crippen molar-refractivity contribution in [2.24, 2.45) is 0 Å². The van der Waals surface area contributed by atoms with Crippen LogP contribution in [0.15, 0.2) is 79.9 Å². The van der Waals surface area contributed by atoms with E-state index in [1.54, 1.807) is 12.3 Å². The normalized spacial score (nSPS) is 12.2. The summed E-state index contributed by atoms with van der Waals surface area (Å²) in [5.74, 6) is 1.89. The number of fused-ring (bicyclic) bond motifs is 1. The molecule has 0 unspecified atom stereocenters. The Kier molecular flexibility index (Phi) is 7.29. The minimum atomic E-state index is 0.278. The second-order valence-corrected chi connectivity index (χ2v) is 7.14. The second kappa shape index (κ2) is 10.3. The Balaban J connectivity index is 0.000000207. The van der Waals surface area contributed by atoms with Gasteiger partial charge in [-0.2, -0.15) is 0 Å². The van der Waals surface area contributed by atoms with E-state index in [0.29, 0.717) is 0 Å². The fourth-order valence-corrected chi connectivity index (χ4v) is 3.62. The van der Waals surface area contributed by atoms with Gasteiger partial charge in [-0.1, -0.05) is 50.4 Å². The molecule has 0 aliphatic carbocycles. The van der Waals surface area contributed by atoms with E-state index in [4.69, 9.17) is 0 Å². The van der Waals surface area contributed by atoms with Crippen molar-refractivity contribution in [2.75, 3.05) is 22.6 Å². The van der Waals surface area contributed by atoms with E-state index in [0.717, 1.165) is 46.1 Å². The number of rotatable bonds is 5. The molecule has 0 saturated carbocycles. The van der Waals surface area contributed by atoms with E-state index in [2.05, 4.69) is 63.8 Å². The fraction of sp³-hybridized carbons (Fsp3) is 0.154. The zero-order valence-corrected chi connectivity index (χ0v) is 18.8. The molecule has 2 heterocycles. The Morgan fingerprint density at radius 1 is 1.06 bits per heavy atom. The number of aromatic nitrogens is 2. The minimum absolute atomic E-state index is 0.278. The molecule has 2 aromatic carbocycles. The lowest BCUT2D eigenvalue weighted by molar-refractivity contribution is 0.473. The molecule has 0 bridgehead atoms. The lowest BCUT2D eigenvalue weighted by Gasteiger charge is -2.33. The van der Waals surface area contributed by atoms with Crippen LogP contribution in [0.2, 0.25) is 0 Å². The number of phenolic OH excluding ortho intramolecular Hbond substituents is 1. The number of para-hydroxylation sites is 1. The molecule has 6 heteroatoms. The molecule has 3 aromatic rings. The van der Waals surface area contributed by atoms with E-state index in [1.807, 2.05) is 44.3 Å². The van der Waals surface area contributed by atoms with E-state index in [-0.39, 0.29) is 5.75 Å². The summed E-state index contributed by atoms with van der Waals surface area (Å²) in [4.78, 5) is 10.2. The SMILES string of the molecule is C=C1c2c(O)cccc2C=C(CC)N1c1ccccc1.C=CNc1ncnc(NC)c1C. The van der Waals surface area contributed by atoms with Gasteiger partial charge in [0.25, 0.3) is 0 Å². The van der Waals surface area contributed by atoms with Crippen LogP contribution in [-0.4, -0.2) is 22.1 Å². The Morgan fingerprint density at radius 2 is 1.78 bits per heavy atom. The van der Waals surface area contributed by atoms with E-state index >= 15 is 0 Å². The van der Waals surface area contributed by atoms with Crippen LogP contribution in [0.1, 0.15) is 30.0 Å². The molecule has 32 heavy (non-hydrogen) atoms. The van der Waals surface area contributed by atoms with Gasteiger partial charge in [-0.3, -0.25) is 0 Å². The van der Waals surface area contributed by atoms with Crippen LogP contribution in [0.4, 0.5) is 17.3 Å². The molecular formula is C26H29N5O. The quantitative estimate of drug-likeness (QED) is 0.463. The van der Waals surface area contributed by atoms with E-state index in [1.165, 1.54) is 12.0 Å². The number of nitrogens with zero attached hydrogens (tertiary/aromatic N) is 3. The standard InChI is InChI=1S/C18H17NO.C8H12N4/c1-3-15-12-14-8-7-11-17(20)18(14)13(2)19(15)16-9-5-4-6-10-16;1-4-10-8-6(2)7(9-3)11-5-12-8/h4-12,20H,2-3H2,1H3;4-5H,1H2,2-3H3,(H2,9,10,11,12). The maximum Gasteiger partial charge on any atom is 0.138 e. The summed E-state index contributed by atoms with van der Waals surface area (Å²) in [6.07, 6.45) is 6.12. The highest BCUT2D eigenvalue weighted by Gasteiger charge is 2.24. The first-order valence-corrected chi connectivity index (χ1v) is 10.5. The highest BCUT2D eigenvalue weighted by Crippen LogP contribution is 2.40. The zero-order valence-electron chi connectivity index (χ0n) is 18.8. The summed E-state index contributed by atoms with van der Waals surface area (Å²) in [6.45, 7) is 11.8. The molecule has 1 aliphatic heterocycles. The Labute approximate surface area is 189 Å². The highest BCUT2D eigenvalue weighted by molar-refractivity contribution is 5.92. The van der Waals surface area contributed by atoms with Gasteiger partial charge in [-0.25, -0.2) is 9.97 Å². The first kappa shape index (κ1) is 22.6. The number of anilines is 3. The zero-order chi connectivity index (χ0) is 23.1. The lowest BCUT2D eigenvalue weighted by Crippen LogP contribution is -2.23. The Hall–Kier alpha value is -4.06. The maximum atomic E-state index is 10.1. The van der Waals surface area contributed by atoms with Crippen LogP contribution in [0.25, 0.3) is 11.8 Å². The summed E-state index contributed by atoms with van der Waals surface area (Å²) in [6, 6.07) is 15.7. The van der Waals surface area contributed by atoms with Gasteiger partial charge >= 0.3 is 0 Å².